The first-order valence-corrected chi connectivity index (χ1v) is 10.2. The standard InChI is InChI=1S/C23H31N3O3/c1-4-24-23(26-14-13-19(16-26)17-27-2)25-15-18-9-11-20(12-10-18)29-22-8-6-5-7-21(22)28-3/h5-12,19H,4,13-17H2,1-3H3,(H,24,25). The first-order valence-electron chi connectivity index (χ1n) is 10.2. The van der Waals surface area contributed by atoms with Crippen LogP contribution in [0.1, 0.15) is 18.9 Å². The molecule has 2 aromatic rings. The average molecular weight is 398 g/mol. The van der Waals surface area contributed by atoms with Gasteiger partial charge in [0.1, 0.15) is 5.75 Å². The predicted molar refractivity (Wildman–Crippen MR) is 116 cm³/mol. The molecule has 0 radical (unpaired) electrons. The number of nitrogens with one attached hydrogen (secondary N) is 1. The molecule has 6 nitrogen and oxygen atoms in total. The van der Waals surface area contributed by atoms with E-state index in [0.717, 1.165) is 49.9 Å². The zero-order chi connectivity index (χ0) is 20.5. The minimum Gasteiger partial charge on any atom is -0.493 e. The summed E-state index contributed by atoms with van der Waals surface area (Å²) in [5.41, 5.74) is 1.14. The van der Waals surface area contributed by atoms with Crippen LogP contribution in [0.15, 0.2) is 53.5 Å². The van der Waals surface area contributed by atoms with E-state index in [1.54, 1.807) is 14.2 Å². The Morgan fingerprint density at radius 2 is 1.86 bits per heavy atom. The third-order valence-corrected chi connectivity index (χ3v) is 4.95. The molecule has 1 saturated heterocycles. The summed E-state index contributed by atoms with van der Waals surface area (Å²) in [6.07, 6.45) is 1.15. The quantitative estimate of drug-likeness (QED) is 0.540. The summed E-state index contributed by atoms with van der Waals surface area (Å²) in [6, 6.07) is 15.7. The lowest BCUT2D eigenvalue weighted by molar-refractivity contribution is 0.157. The normalized spacial score (nSPS) is 16.7. The summed E-state index contributed by atoms with van der Waals surface area (Å²) >= 11 is 0. The van der Waals surface area contributed by atoms with Crippen molar-refractivity contribution >= 4 is 5.96 Å². The Labute approximate surface area is 173 Å². The number of ether oxygens (including phenoxy) is 3. The molecular formula is C23H31N3O3. The Hall–Kier alpha value is -2.73. The molecule has 0 aliphatic carbocycles. The van der Waals surface area contributed by atoms with Gasteiger partial charge in [0, 0.05) is 32.7 Å². The molecule has 1 atom stereocenters. The van der Waals surface area contributed by atoms with Crippen molar-refractivity contribution in [1.82, 2.24) is 10.2 Å². The molecule has 1 N–H and O–H groups in total. The summed E-state index contributed by atoms with van der Waals surface area (Å²) in [4.78, 5) is 7.16. The number of para-hydroxylation sites is 2. The lowest BCUT2D eigenvalue weighted by Crippen LogP contribution is -2.40. The number of likely N-dealkylation sites (tertiary alicyclic amines) is 1. The maximum Gasteiger partial charge on any atom is 0.194 e. The molecule has 1 unspecified atom stereocenters. The van der Waals surface area contributed by atoms with Crippen molar-refractivity contribution in [3.63, 3.8) is 0 Å². The highest BCUT2D eigenvalue weighted by Gasteiger charge is 2.24. The zero-order valence-electron chi connectivity index (χ0n) is 17.6. The first-order chi connectivity index (χ1) is 14.2. The van der Waals surface area contributed by atoms with Crippen LogP contribution in [0.5, 0.6) is 17.2 Å². The first kappa shape index (κ1) is 21.0. The van der Waals surface area contributed by atoms with Gasteiger partial charge in [0.25, 0.3) is 0 Å². The van der Waals surface area contributed by atoms with Crippen molar-refractivity contribution in [3.8, 4) is 17.2 Å². The third kappa shape index (κ3) is 5.87. The molecule has 3 rings (SSSR count). The molecule has 2 aromatic carbocycles. The third-order valence-electron chi connectivity index (χ3n) is 4.95. The Morgan fingerprint density at radius 1 is 1.10 bits per heavy atom. The summed E-state index contributed by atoms with van der Waals surface area (Å²) in [6.45, 7) is 6.40. The molecule has 0 bridgehead atoms. The molecule has 1 fully saturated rings. The number of aliphatic imine (C=N–C) groups is 1. The fraction of sp³-hybridized carbons (Fsp3) is 0.435. The molecule has 0 saturated carbocycles. The van der Waals surface area contributed by atoms with Gasteiger partial charge in [0.05, 0.1) is 20.3 Å². The lowest BCUT2D eigenvalue weighted by atomic mass is 10.1. The Bertz CT molecular complexity index is 792. The summed E-state index contributed by atoms with van der Waals surface area (Å²) in [5.74, 6) is 3.75. The van der Waals surface area contributed by atoms with Crippen LogP contribution in [0.2, 0.25) is 0 Å². The van der Waals surface area contributed by atoms with Gasteiger partial charge in [-0.2, -0.15) is 0 Å². The molecule has 29 heavy (non-hydrogen) atoms. The van der Waals surface area contributed by atoms with Gasteiger partial charge in [-0.3, -0.25) is 0 Å². The number of hydrogen-bond donors (Lipinski definition) is 1. The van der Waals surface area contributed by atoms with Gasteiger partial charge in [0.2, 0.25) is 0 Å². The largest absolute Gasteiger partial charge is 0.493 e. The van der Waals surface area contributed by atoms with Crippen LogP contribution in [-0.4, -0.2) is 51.3 Å². The van der Waals surface area contributed by atoms with E-state index in [-0.39, 0.29) is 0 Å². The Morgan fingerprint density at radius 3 is 2.55 bits per heavy atom. The van der Waals surface area contributed by atoms with E-state index in [4.69, 9.17) is 19.2 Å². The van der Waals surface area contributed by atoms with Crippen LogP contribution in [0, 0.1) is 5.92 Å². The van der Waals surface area contributed by atoms with Crippen LogP contribution in [0.4, 0.5) is 0 Å². The molecule has 156 valence electrons. The predicted octanol–water partition coefficient (Wildman–Crippen LogP) is 3.92. The Balaban J connectivity index is 1.61. The smallest absolute Gasteiger partial charge is 0.194 e. The number of nitrogens with zero attached hydrogens (tertiary/aromatic N) is 2. The molecule has 1 aliphatic heterocycles. The van der Waals surface area contributed by atoms with Gasteiger partial charge in [0.15, 0.2) is 17.5 Å². The summed E-state index contributed by atoms with van der Waals surface area (Å²) < 4.78 is 16.6. The van der Waals surface area contributed by atoms with Crippen molar-refractivity contribution in [2.75, 3.05) is 40.5 Å². The lowest BCUT2D eigenvalue weighted by Gasteiger charge is -2.21. The molecular weight excluding hydrogens is 366 g/mol. The van der Waals surface area contributed by atoms with Crippen LogP contribution < -0.4 is 14.8 Å². The Kier molecular flexibility index (Phi) is 7.76. The van der Waals surface area contributed by atoms with E-state index in [0.29, 0.717) is 24.0 Å². The molecule has 0 aromatic heterocycles. The highest BCUT2D eigenvalue weighted by Crippen LogP contribution is 2.30. The van der Waals surface area contributed by atoms with E-state index >= 15 is 0 Å². The fourth-order valence-electron chi connectivity index (χ4n) is 3.48. The van der Waals surface area contributed by atoms with Crippen LogP contribution in [-0.2, 0) is 11.3 Å². The van der Waals surface area contributed by atoms with Crippen LogP contribution in [0.25, 0.3) is 0 Å². The highest BCUT2D eigenvalue weighted by molar-refractivity contribution is 5.80. The second-order valence-corrected chi connectivity index (χ2v) is 7.12. The van der Waals surface area contributed by atoms with Gasteiger partial charge in [-0.05, 0) is 43.2 Å². The van der Waals surface area contributed by atoms with E-state index in [1.807, 2.05) is 36.4 Å². The molecule has 1 heterocycles. The fourth-order valence-corrected chi connectivity index (χ4v) is 3.48. The highest BCUT2D eigenvalue weighted by atomic mass is 16.5. The van der Waals surface area contributed by atoms with Gasteiger partial charge < -0.3 is 24.4 Å². The van der Waals surface area contributed by atoms with Crippen LogP contribution >= 0.6 is 0 Å². The number of benzene rings is 2. The maximum atomic E-state index is 5.94. The minimum absolute atomic E-state index is 0.579. The van der Waals surface area contributed by atoms with E-state index in [1.165, 1.54) is 0 Å². The SMILES string of the molecule is CCNC(=NCc1ccc(Oc2ccccc2OC)cc1)N1CCC(COC)C1. The zero-order valence-corrected chi connectivity index (χ0v) is 17.6. The number of rotatable bonds is 8. The van der Waals surface area contributed by atoms with Crippen molar-refractivity contribution in [3.05, 3.63) is 54.1 Å². The van der Waals surface area contributed by atoms with E-state index in [2.05, 4.69) is 29.3 Å². The maximum absolute atomic E-state index is 5.94. The number of methoxy groups -OCH3 is 2. The molecule has 0 spiro atoms. The van der Waals surface area contributed by atoms with Crippen LogP contribution in [0.3, 0.4) is 0 Å². The summed E-state index contributed by atoms with van der Waals surface area (Å²) in [5, 5.41) is 3.41. The minimum atomic E-state index is 0.579. The molecule has 0 amide bonds. The van der Waals surface area contributed by atoms with Crippen molar-refractivity contribution in [2.24, 2.45) is 10.9 Å². The molecule has 6 heteroatoms. The van der Waals surface area contributed by atoms with Gasteiger partial charge in [-0.15, -0.1) is 0 Å². The average Bonchev–Trinajstić information content (AvgIpc) is 3.21. The van der Waals surface area contributed by atoms with Crippen molar-refractivity contribution in [1.29, 1.82) is 0 Å². The van der Waals surface area contributed by atoms with Crippen molar-refractivity contribution in [2.45, 2.75) is 19.9 Å². The van der Waals surface area contributed by atoms with Crippen molar-refractivity contribution < 1.29 is 14.2 Å². The van der Waals surface area contributed by atoms with E-state index < -0.39 is 0 Å². The topological polar surface area (TPSA) is 55.3 Å². The second-order valence-electron chi connectivity index (χ2n) is 7.12. The van der Waals surface area contributed by atoms with E-state index in [9.17, 15) is 0 Å². The summed E-state index contributed by atoms with van der Waals surface area (Å²) in [7, 11) is 3.41. The van der Waals surface area contributed by atoms with Gasteiger partial charge >= 0.3 is 0 Å². The van der Waals surface area contributed by atoms with Gasteiger partial charge in [-0.1, -0.05) is 24.3 Å². The second kappa shape index (κ2) is 10.7. The molecule has 1 aliphatic rings. The monoisotopic (exact) mass is 397 g/mol. The number of hydrogen-bond acceptors (Lipinski definition) is 4. The number of guanidine groups is 1. The van der Waals surface area contributed by atoms with Gasteiger partial charge in [-0.25, -0.2) is 4.99 Å².